The SMILES string of the molecule is CCN/C(=C\C(C)=C\C1=CC(C=O)NN1C)OCC(=O)O. The average Bonchev–Trinajstić information content (AvgIpc) is 2.77. The molecule has 1 heterocycles. The van der Waals surface area contributed by atoms with Gasteiger partial charge in [-0.15, -0.1) is 0 Å². The largest absolute Gasteiger partial charge is 0.479 e. The van der Waals surface area contributed by atoms with Gasteiger partial charge in [0.05, 0.1) is 0 Å². The van der Waals surface area contributed by atoms with E-state index in [4.69, 9.17) is 9.84 Å². The molecule has 3 N–H and O–H groups in total. The van der Waals surface area contributed by atoms with Crippen molar-refractivity contribution in [2.45, 2.75) is 19.9 Å². The molecular formula is C14H21N3O4. The molecule has 1 aliphatic heterocycles. The summed E-state index contributed by atoms with van der Waals surface area (Å²) in [4.78, 5) is 21.3. The minimum absolute atomic E-state index is 0.325. The molecule has 0 aliphatic carbocycles. The van der Waals surface area contributed by atoms with Crippen LogP contribution in [0.5, 0.6) is 0 Å². The summed E-state index contributed by atoms with van der Waals surface area (Å²) in [7, 11) is 1.81. The normalized spacial score (nSPS) is 19.3. The standard InChI is InChI=1S/C14H21N3O4/c1-4-15-13(21-9-14(19)20)6-10(2)5-12-7-11(8-18)16-17(12)3/h5-8,11,15-16H,4,9H2,1-3H3,(H,19,20)/b10-5+,13-6+. The number of carboxylic acid groups (broad SMARTS) is 1. The zero-order chi connectivity index (χ0) is 15.8. The van der Waals surface area contributed by atoms with E-state index in [-0.39, 0.29) is 6.04 Å². The molecule has 1 aliphatic rings. The summed E-state index contributed by atoms with van der Waals surface area (Å²) < 4.78 is 5.15. The Balaban J connectivity index is 2.80. The number of nitrogens with one attached hydrogen (secondary N) is 2. The quantitative estimate of drug-likeness (QED) is 0.339. The monoisotopic (exact) mass is 295 g/mol. The van der Waals surface area contributed by atoms with Gasteiger partial charge >= 0.3 is 5.97 Å². The topological polar surface area (TPSA) is 90.9 Å². The highest BCUT2D eigenvalue weighted by Gasteiger charge is 2.17. The number of likely N-dealkylation sites (N-methyl/N-ethyl adjacent to an activating group) is 1. The van der Waals surface area contributed by atoms with Gasteiger partial charge in [-0.3, -0.25) is 0 Å². The fourth-order valence-electron chi connectivity index (χ4n) is 1.78. The van der Waals surface area contributed by atoms with Gasteiger partial charge in [-0.25, -0.2) is 10.2 Å². The number of rotatable bonds is 8. The molecule has 0 saturated heterocycles. The van der Waals surface area contributed by atoms with Gasteiger partial charge in [0, 0.05) is 25.4 Å². The Bertz CT molecular complexity index is 483. The van der Waals surface area contributed by atoms with E-state index in [0.29, 0.717) is 12.4 Å². The van der Waals surface area contributed by atoms with Crippen LogP contribution >= 0.6 is 0 Å². The van der Waals surface area contributed by atoms with Crippen LogP contribution in [-0.4, -0.2) is 48.6 Å². The number of carbonyl (C=O) groups is 2. The predicted molar refractivity (Wildman–Crippen MR) is 77.9 cm³/mol. The second kappa shape index (κ2) is 8.11. The second-order valence-electron chi connectivity index (χ2n) is 4.55. The Morgan fingerprint density at radius 1 is 1.62 bits per heavy atom. The van der Waals surface area contributed by atoms with E-state index < -0.39 is 12.6 Å². The van der Waals surface area contributed by atoms with Crippen LogP contribution in [0.4, 0.5) is 0 Å². The first-order valence-electron chi connectivity index (χ1n) is 6.61. The third-order valence-corrected chi connectivity index (χ3v) is 2.66. The number of hydrazine groups is 1. The lowest BCUT2D eigenvalue weighted by molar-refractivity contribution is -0.141. The molecule has 0 aromatic heterocycles. The van der Waals surface area contributed by atoms with Gasteiger partial charge in [0.15, 0.2) is 12.5 Å². The maximum atomic E-state index is 10.7. The molecule has 21 heavy (non-hydrogen) atoms. The summed E-state index contributed by atoms with van der Waals surface area (Å²) in [5.74, 6) is -0.633. The van der Waals surface area contributed by atoms with Crippen LogP contribution in [0.2, 0.25) is 0 Å². The molecule has 0 spiro atoms. The average molecular weight is 295 g/mol. The van der Waals surface area contributed by atoms with E-state index in [1.54, 1.807) is 17.2 Å². The minimum Gasteiger partial charge on any atom is -0.479 e. The highest BCUT2D eigenvalue weighted by molar-refractivity contribution is 5.68. The van der Waals surface area contributed by atoms with Crippen molar-refractivity contribution in [3.05, 3.63) is 35.4 Å². The molecule has 0 saturated carbocycles. The summed E-state index contributed by atoms with van der Waals surface area (Å²) in [5, 5.41) is 13.3. The summed E-state index contributed by atoms with van der Waals surface area (Å²) in [6.45, 7) is 3.98. The Labute approximate surface area is 123 Å². The van der Waals surface area contributed by atoms with E-state index in [9.17, 15) is 9.59 Å². The molecule has 0 fully saturated rings. The maximum Gasteiger partial charge on any atom is 0.341 e. The Kier molecular flexibility index (Phi) is 6.48. The predicted octanol–water partition coefficient (Wildman–Crippen LogP) is 0.386. The molecule has 116 valence electrons. The Hall–Kier alpha value is -2.28. The molecule has 7 nitrogen and oxygen atoms in total. The van der Waals surface area contributed by atoms with Crippen molar-refractivity contribution in [1.82, 2.24) is 15.8 Å². The van der Waals surface area contributed by atoms with Crippen LogP contribution in [-0.2, 0) is 14.3 Å². The van der Waals surface area contributed by atoms with Crippen LogP contribution in [0.15, 0.2) is 35.4 Å². The lowest BCUT2D eigenvalue weighted by atomic mass is 10.2. The van der Waals surface area contributed by atoms with E-state index in [2.05, 4.69) is 10.7 Å². The van der Waals surface area contributed by atoms with Crippen LogP contribution in [0.3, 0.4) is 0 Å². The molecule has 0 radical (unpaired) electrons. The van der Waals surface area contributed by atoms with E-state index >= 15 is 0 Å². The molecule has 0 bridgehead atoms. The lowest BCUT2D eigenvalue weighted by Crippen LogP contribution is -2.34. The number of nitrogens with zero attached hydrogens (tertiary/aromatic N) is 1. The van der Waals surface area contributed by atoms with Crippen molar-refractivity contribution >= 4 is 12.3 Å². The maximum absolute atomic E-state index is 10.7. The number of carbonyl (C=O) groups excluding carboxylic acids is 1. The zero-order valence-corrected chi connectivity index (χ0v) is 12.4. The van der Waals surface area contributed by atoms with Crippen molar-refractivity contribution in [1.29, 1.82) is 0 Å². The van der Waals surface area contributed by atoms with Gasteiger partial charge in [0.2, 0.25) is 0 Å². The summed E-state index contributed by atoms with van der Waals surface area (Å²) in [5.41, 5.74) is 4.68. The van der Waals surface area contributed by atoms with Crippen LogP contribution < -0.4 is 10.7 Å². The molecular weight excluding hydrogens is 274 g/mol. The zero-order valence-electron chi connectivity index (χ0n) is 12.4. The van der Waals surface area contributed by atoms with Crippen LogP contribution in [0.1, 0.15) is 13.8 Å². The van der Waals surface area contributed by atoms with E-state index in [1.807, 2.05) is 27.0 Å². The van der Waals surface area contributed by atoms with E-state index in [0.717, 1.165) is 17.6 Å². The number of allylic oxidation sites excluding steroid dienone is 3. The number of hydrogen-bond acceptors (Lipinski definition) is 6. The highest BCUT2D eigenvalue weighted by atomic mass is 16.5. The number of carboxylic acids is 1. The van der Waals surface area contributed by atoms with Gasteiger partial charge in [0.1, 0.15) is 12.3 Å². The molecule has 1 unspecified atom stereocenters. The van der Waals surface area contributed by atoms with Crippen molar-refractivity contribution in [2.24, 2.45) is 0 Å². The lowest BCUT2D eigenvalue weighted by Gasteiger charge is -2.15. The van der Waals surface area contributed by atoms with Gasteiger partial charge in [-0.2, -0.15) is 0 Å². The van der Waals surface area contributed by atoms with Gasteiger partial charge in [-0.1, -0.05) is 0 Å². The Morgan fingerprint density at radius 2 is 2.33 bits per heavy atom. The minimum atomic E-state index is -1.03. The molecule has 0 amide bonds. The van der Waals surface area contributed by atoms with E-state index in [1.165, 1.54) is 0 Å². The number of aldehydes is 1. The van der Waals surface area contributed by atoms with Crippen molar-refractivity contribution in [2.75, 3.05) is 20.2 Å². The third kappa shape index (κ3) is 5.70. The van der Waals surface area contributed by atoms with Gasteiger partial charge in [-0.05, 0) is 31.6 Å². The van der Waals surface area contributed by atoms with Crippen molar-refractivity contribution < 1.29 is 19.4 Å². The summed E-state index contributed by atoms with van der Waals surface area (Å²) in [6, 6.07) is -0.325. The summed E-state index contributed by atoms with van der Waals surface area (Å²) >= 11 is 0. The van der Waals surface area contributed by atoms with Crippen molar-refractivity contribution in [3.8, 4) is 0 Å². The smallest absolute Gasteiger partial charge is 0.341 e. The van der Waals surface area contributed by atoms with Gasteiger partial charge in [0.25, 0.3) is 0 Å². The number of aliphatic carboxylic acids is 1. The summed E-state index contributed by atoms with van der Waals surface area (Å²) in [6.07, 6.45) is 6.21. The molecule has 0 aromatic carbocycles. The fraction of sp³-hybridized carbons (Fsp3) is 0.429. The van der Waals surface area contributed by atoms with Gasteiger partial charge < -0.3 is 25.0 Å². The molecule has 1 rings (SSSR count). The second-order valence-corrected chi connectivity index (χ2v) is 4.55. The van der Waals surface area contributed by atoms with Crippen LogP contribution in [0, 0.1) is 0 Å². The first-order chi connectivity index (χ1) is 9.96. The molecule has 7 heteroatoms. The highest BCUT2D eigenvalue weighted by Crippen LogP contribution is 2.13. The molecule has 1 atom stereocenters. The van der Waals surface area contributed by atoms with Crippen molar-refractivity contribution in [3.63, 3.8) is 0 Å². The fourth-order valence-corrected chi connectivity index (χ4v) is 1.78. The molecule has 0 aromatic rings. The Morgan fingerprint density at radius 3 is 2.86 bits per heavy atom. The third-order valence-electron chi connectivity index (χ3n) is 2.66. The number of hydrogen-bond donors (Lipinski definition) is 3. The van der Waals surface area contributed by atoms with Crippen LogP contribution in [0.25, 0.3) is 0 Å². The first kappa shape index (κ1) is 16.8. The number of ether oxygens (including phenoxy) is 1. The first-order valence-corrected chi connectivity index (χ1v) is 6.61.